The minimum absolute atomic E-state index is 0.0349. The first-order valence-electron chi connectivity index (χ1n) is 12.7. The van der Waals surface area contributed by atoms with E-state index in [1.807, 2.05) is 116 Å². The molecule has 1 N–H and O–H groups in total. The normalized spacial score (nSPS) is 16.5. The van der Waals surface area contributed by atoms with Crippen molar-refractivity contribution in [3.63, 3.8) is 0 Å². The Morgan fingerprint density at radius 2 is 1.41 bits per heavy atom. The fourth-order valence-electron chi connectivity index (χ4n) is 4.98. The highest BCUT2D eigenvalue weighted by Crippen LogP contribution is 2.43. The van der Waals surface area contributed by atoms with Gasteiger partial charge < -0.3 is 9.84 Å². The Bertz CT molecular complexity index is 1740. The second-order valence-corrected chi connectivity index (χ2v) is 9.55. The lowest BCUT2D eigenvalue weighted by atomic mass is 9.94. The number of ketones is 1. The Labute approximate surface area is 226 Å². The number of benzene rings is 5. The molecule has 5 aromatic carbocycles. The monoisotopic (exact) mass is 511 g/mol. The maximum atomic E-state index is 13.6. The summed E-state index contributed by atoms with van der Waals surface area (Å²) in [6.07, 6.45) is 0. The molecule has 0 aliphatic carbocycles. The van der Waals surface area contributed by atoms with Gasteiger partial charge in [0.15, 0.2) is 0 Å². The van der Waals surface area contributed by atoms with Crippen molar-refractivity contribution in [1.29, 1.82) is 0 Å². The average molecular weight is 512 g/mol. The molecule has 39 heavy (non-hydrogen) atoms. The number of hydrogen-bond acceptors (Lipinski definition) is 4. The molecule has 6 rings (SSSR count). The minimum Gasteiger partial charge on any atom is -0.507 e. The third-order valence-electron chi connectivity index (χ3n) is 6.93. The zero-order valence-corrected chi connectivity index (χ0v) is 21.2. The molecule has 1 amide bonds. The van der Waals surface area contributed by atoms with Gasteiger partial charge in [0.1, 0.15) is 17.3 Å². The zero-order valence-electron chi connectivity index (χ0n) is 21.2. The molecule has 5 heteroatoms. The molecule has 1 saturated heterocycles. The highest BCUT2D eigenvalue weighted by atomic mass is 16.5. The van der Waals surface area contributed by atoms with Crippen LogP contribution in [0.15, 0.2) is 127 Å². The Kier molecular flexibility index (Phi) is 6.17. The van der Waals surface area contributed by atoms with E-state index in [1.54, 1.807) is 12.1 Å². The number of Topliss-reactive ketones (excluding diaryl/α,β-unsaturated/α-hetero) is 1. The van der Waals surface area contributed by atoms with Gasteiger partial charge in [-0.2, -0.15) is 0 Å². The van der Waals surface area contributed by atoms with Crippen LogP contribution in [-0.2, 0) is 9.59 Å². The Balaban J connectivity index is 1.51. The van der Waals surface area contributed by atoms with E-state index in [0.717, 1.165) is 16.3 Å². The number of anilines is 1. The van der Waals surface area contributed by atoms with Crippen LogP contribution in [0.3, 0.4) is 0 Å². The van der Waals surface area contributed by atoms with Gasteiger partial charge in [0.2, 0.25) is 0 Å². The van der Waals surface area contributed by atoms with Crippen molar-refractivity contribution in [1.82, 2.24) is 0 Å². The summed E-state index contributed by atoms with van der Waals surface area (Å²) < 4.78 is 6.05. The Morgan fingerprint density at radius 3 is 2.18 bits per heavy atom. The number of aliphatic hydroxyl groups is 1. The molecule has 1 aliphatic rings. The molecule has 0 saturated carbocycles. The summed E-state index contributed by atoms with van der Waals surface area (Å²) >= 11 is 0. The number of nitrogens with zero attached hydrogens (tertiary/aromatic N) is 1. The summed E-state index contributed by atoms with van der Waals surface area (Å²) in [6.45, 7) is 1.96. The number of carbonyl (C=O) groups excluding carboxylic acids is 2. The van der Waals surface area contributed by atoms with Gasteiger partial charge in [0.25, 0.3) is 11.7 Å². The van der Waals surface area contributed by atoms with Gasteiger partial charge in [0, 0.05) is 11.3 Å². The van der Waals surface area contributed by atoms with E-state index < -0.39 is 17.7 Å². The predicted molar refractivity (Wildman–Crippen MR) is 153 cm³/mol. The molecular weight excluding hydrogens is 486 g/mol. The van der Waals surface area contributed by atoms with Crippen LogP contribution < -0.4 is 9.64 Å². The number of aliphatic hydroxyl groups excluding tert-OH is 1. The highest BCUT2D eigenvalue weighted by molar-refractivity contribution is 6.51. The summed E-state index contributed by atoms with van der Waals surface area (Å²) in [7, 11) is 0. The number of amides is 1. The van der Waals surface area contributed by atoms with Crippen molar-refractivity contribution >= 4 is 33.9 Å². The molecule has 0 radical (unpaired) electrons. The van der Waals surface area contributed by atoms with Gasteiger partial charge in [-0.1, -0.05) is 84.4 Å². The van der Waals surface area contributed by atoms with E-state index >= 15 is 0 Å². The second-order valence-electron chi connectivity index (χ2n) is 9.55. The lowest BCUT2D eigenvalue weighted by Crippen LogP contribution is -2.29. The highest BCUT2D eigenvalue weighted by Gasteiger charge is 2.47. The fourth-order valence-corrected chi connectivity index (χ4v) is 4.98. The van der Waals surface area contributed by atoms with Crippen LogP contribution in [0.2, 0.25) is 0 Å². The van der Waals surface area contributed by atoms with Crippen molar-refractivity contribution in [2.75, 3.05) is 4.90 Å². The van der Waals surface area contributed by atoms with Gasteiger partial charge >= 0.3 is 0 Å². The first-order valence-corrected chi connectivity index (χ1v) is 12.7. The molecule has 1 unspecified atom stereocenters. The van der Waals surface area contributed by atoms with Gasteiger partial charge in [-0.25, -0.2) is 0 Å². The molecule has 190 valence electrons. The summed E-state index contributed by atoms with van der Waals surface area (Å²) in [5.74, 6) is -0.424. The first-order chi connectivity index (χ1) is 19.0. The number of rotatable bonds is 5. The van der Waals surface area contributed by atoms with Crippen LogP contribution in [0.4, 0.5) is 5.69 Å². The van der Waals surface area contributed by atoms with Crippen LogP contribution in [0.1, 0.15) is 22.7 Å². The largest absolute Gasteiger partial charge is 0.507 e. The number of hydrogen-bond donors (Lipinski definition) is 1. The quantitative estimate of drug-likeness (QED) is 0.150. The topological polar surface area (TPSA) is 66.8 Å². The maximum absolute atomic E-state index is 13.6. The van der Waals surface area contributed by atoms with Crippen molar-refractivity contribution in [3.05, 3.63) is 144 Å². The minimum atomic E-state index is -0.849. The number of carbonyl (C=O) groups is 2. The smallest absolute Gasteiger partial charge is 0.300 e. The third-order valence-corrected chi connectivity index (χ3v) is 6.93. The predicted octanol–water partition coefficient (Wildman–Crippen LogP) is 7.57. The molecule has 1 heterocycles. The number of fused-ring (bicyclic) bond motifs is 1. The van der Waals surface area contributed by atoms with Crippen LogP contribution in [0, 0.1) is 6.92 Å². The van der Waals surface area contributed by atoms with Gasteiger partial charge in [-0.15, -0.1) is 0 Å². The van der Waals surface area contributed by atoms with Gasteiger partial charge in [0.05, 0.1) is 11.6 Å². The molecule has 0 bridgehead atoms. The fraction of sp³-hybridized carbons (Fsp3) is 0.0588. The van der Waals surface area contributed by atoms with Crippen molar-refractivity contribution in [3.8, 4) is 11.5 Å². The standard InChI is InChI=1S/C34H25NO4/c1-22-14-18-27(19-15-22)35-31(25-10-7-13-29(21-25)39-28-11-3-2-4-12-28)30(33(37)34(35)38)32(36)26-17-16-23-8-5-6-9-24(23)20-26/h2-21,31,36H,1H3/b32-30-. The van der Waals surface area contributed by atoms with Crippen molar-refractivity contribution in [2.24, 2.45) is 0 Å². The lowest BCUT2D eigenvalue weighted by molar-refractivity contribution is -0.132. The Hall–Kier alpha value is -5.16. The number of ether oxygens (including phenoxy) is 1. The van der Waals surface area contributed by atoms with Crippen LogP contribution in [0.25, 0.3) is 16.5 Å². The van der Waals surface area contributed by atoms with E-state index in [-0.39, 0.29) is 11.3 Å². The zero-order chi connectivity index (χ0) is 26.9. The van der Waals surface area contributed by atoms with Crippen LogP contribution in [-0.4, -0.2) is 16.8 Å². The molecule has 0 aromatic heterocycles. The Morgan fingerprint density at radius 1 is 0.718 bits per heavy atom. The van der Waals surface area contributed by atoms with E-state index in [9.17, 15) is 14.7 Å². The average Bonchev–Trinajstić information content (AvgIpc) is 3.23. The van der Waals surface area contributed by atoms with E-state index in [0.29, 0.717) is 28.3 Å². The molecule has 5 nitrogen and oxygen atoms in total. The first kappa shape index (κ1) is 24.2. The van der Waals surface area contributed by atoms with E-state index in [1.165, 1.54) is 4.90 Å². The molecule has 0 spiro atoms. The summed E-state index contributed by atoms with van der Waals surface area (Å²) in [4.78, 5) is 28.5. The van der Waals surface area contributed by atoms with Crippen molar-refractivity contribution < 1.29 is 19.4 Å². The molecule has 5 aromatic rings. The number of para-hydroxylation sites is 1. The molecule has 1 atom stereocenters. The summed E-state index contributed by atoms with van der Waals surface area (Å²) in [5, 5.41) is 13.5. The SMILES string of the molecule is Cc1ccc(N2C(=O)C(=O)/C(=C(\O)c3ccc4ccccc4c3)C2c2cccc(Oc3ccccc3)c2)cc1. The third kappa shape index (κ3) is 4.55. The van der Waals surface area contributed by atoms with E-state index in [2.05, 4.69) is 0 Å². The van der Waals surface area contributed by atoms with E-state index in [4.69, 9.17) is 4.74 Å². The summed E-state index contributed by atoms with van der Waals surface area (Å²) in [6, 6.07) is 36.5. The molecular formula is C34H25NO4. The number of aryl methyl sites for hydroxylation is 1. The van der Waals surface area contributed by atoms with Crippen molar-refractivity contribution in [2.45, 2.75) is 13.0 Å². The van der Waals surface area contributed by atoms with Gasteiger partial charge in [-0.05, 0) is 65.7 Å². The lowest BCUT2D eigenvalue weighted by Gasteiger charge is -2.26. The molecule has 1 fully saturated rings. The van der Waals surface area contributed by atoms with Crippen LogP contribution in [0.5, 0.6) is 11.5 Å². The second kappa shape index (κ2) is 9.95. The maximum Gasteiger partial charge on any atom is 0.300 e. The molecule has 1 aliphatic heterocycles. The summed E-state index contributed by atoms with van der Waals surface area (Å²) in [5.41, 5.74) is 2.75. The van der Waals surface area contributed by atoms with Crippen LogP contribution >= 0.6 is 0 Å². The van der Waals surface area contributed by atoms with Gasteiger partial charge in [-0.3, -0.25) is 14.5 Å².